The van der Waals surface area contributed by atoms with Crippen LogP contribution < -0.4 is 4.74 Å². The van der Waals surface area contributed by atoms with Crippen molar-refractivity contribution in [1.82, 2.24) is 0 Å². The average Bonchev–Trinajstić information content (AvgIpc) is 2.93. The van der Waals surface area contributed by atoms with Crippen molar-refractivity contribution in [2.45, 2.75) is 5.92 Å². The number of thiophene rings is 1. The molecule has 0 saturated carbocycles. The van der Waals surface area contributed by atoms with Crippen LogP contribution in [0.5, 0.6) is 5.75 Å². The highest BCUT2D eigenvalue weighted by Gasteiger charge is 2.23. The molecule has 0 aliphatic carbocycles. The van der Waals surface area contributed by atoms with Gasteiger partial charge in [0.15, 0.2) is 5.78 Å². The van der Waals surface area contributed by atoms with Gasteiger partial charge in [-0.15, -0.1) is 11.3 Å². The van der Waals surface area contributed by atoms with Crippen molar-refractivity contribution in [2.24, 2.45) is 0 Å². The van der Waals surface area contributed by atoms with Crippen LogP contribution in [0.2, 0.25) is 0 Å². The normalized spacial score (nSPS) is 11.6. The first kappa shape index (κ1) is 13.8. The molecule has 0 bridgehead atoms. The number of Topliss-reactive ketones (excluding diaryl/α,β-unsaturated/α-hetero) is 1. The molecule has 1 aromatic carbocycles. The summed E-state index contributed by atoms with van der Waals surface area (Å²) in [5.41, 5.74) is 0.493. The lowest BCUT2D eigenvalue weighted by Crippen LogP contribution is -2.10. The minimum atomic E-state index is -0.750. The van der Waals surface area contributed by atoms with Gasteiger partial charge < -0.3 is 4.74 Å². The quantitative estimate of drug-likeness (QED) is 0.793. The Labute approximate surface area is 123 Å². The zero-order valence-electron chi connectivity index (χ0n) is 10.1. The molecule has 0 fully saturated rings. The molecule has 0 aliphatic rings. The predicted octanol–water partition coefficient (Wildman–Crippen LogP) is 4.01. The number of methoxy groups -OCH3 is 1. The van der Waals surface area contributed by atoms with Crippen LogP contribution in [0.4, 0.5) is 0 Å². The number of carbonyl (C=O) groups excluding carboxylic acids is 1. The molecule has 1 atom stereocenters. The second-order valence-electron chi connectivity index (χ2n) is 3.79. The van der Waals surface area contributed by atoms with Gasteiger partial charge in [0, 0.05) is 10.4 Å². The molecular weight excluding hydrogens is 326 g/mol. The summed E-state index contributed by atoms with van der Waals surface area (Å²) in [6.45, 7) is 0. The molecule has 2 aromatic rings. The molecule has 0 N–H and O–H groups in total. The zero-order chi connectivity index (χ0) is 13.8. The maximum Gasteiger partial charge on any atom is 0.185 e. The van der Waals surface area contributed by atoms with E-state index in [9.17, 15) is 10.1 Å². The predicted molar refractivity (Wildman–Crippen MR) is 77.7 cm³/mol. The van der Waals surface area contributed by atoms with Gasteiger partial charge in [0.05, 0.1) is 17.7 Å². The first-order chi connectivity index (χ1) is 9.17. The van der Waals surface area contributed by atoms with E-state index in [-0.39, 0.29) is 5.78 Å². The van der Waals surface area contributed by atoms with Gasteiger partial charge in [-0.25, -0.2) is 0 Å². The Kier molecular flexibility index (Phi) is 4.35. The number of hydrogen-bond donors (Lipinski definition) is 0. The Morgan fingerprint density at radius 3 is 2.79 bits per heavy atom. The molecule has 19 heavy (non-hydrogen) atoms. The standard InChI is InChI=1S/C14H10BrNO2S/c1-18-12-5-4-9(7-11(12)15)14(17)10(8-16)13-3-2-6-19-13/h2-7,10H,1H3. The number of ketones is 1. The van der Waals surface area contributed by atoms with Crippen molar-refractivity contribution in [3.8, 4) is 11.8 Å². The van der Waals surface area contributed by atoms with Crippen LogP contribution in [-0.4, -0.2) is 12.9 Å². The molecule has 1 heterocycles. The van der Waals surface area contributed by atoms with E-state index in [0.717, 1.165) is 4.88 Å². The van der Waals surface area contributed by atoms with Gasteiger partial charge in [-0.1, -0.05) is 6.07 Å². The summed E-state index contributed by atoms with van der Waals surface area (Å²) in [6.07, 6.45) is 0. The van der Waals surface area contributed by atoms with Crippen molar-refractivity contribution in [2.75, 3.05) is 7.11 Å². The Hall–Kier alpha value is -1.64. The Morgan fingerprint density at radius 2 is 2.26 bits per heavy atom. The highest BCUT2D eigenvalue weighted by Crippen LogP contribution is 2.29. The van der Waals surface area contributed by atoms with E-state index in [1.54, 1.807) is 31.4 Å². The van der Waals surface area contributed by atoms with Crippen molar-refractivity contribution >= 4 is 33.0 Å². The molecule has 0 saturated heterocycles. The second-order valence-corrected chi connectivity index (χ2v) is 5.62. The fraction of sp³-hybridized carbons (Fsp3) is 0.143. The minimum absolute atomic E-state index is 0.201. The molecule has 1 aromatic heterocycles. The van der Waals surface area contributed by atoms with Crippen LogP contribution >= 0.6 is 27.3 Å². The van der Waals surface area contributed by atoms with Crippen molar-refractivity contribution < 1.29 is 9.53 Å². The van der Waals surface area contributed by atoms with E-state index in [4.69, 9.17) is 4.74 Å². The van der Waals surface area contributed by atoms with E-state index in [0.29, 0.717) is 15.8 Å². The minimum Gasteiger partial charge on any atom is -0.496 e. The third kappa shape index (κ3) is 2.86. The van der Waals surface area contributed by atoms with Gasteiger partial charge in [0.1, 0.15) is 11.7 Å². The molecule has 1 unspecified atom stereocenters. The topological polar surface area (TPSA) is 50.1 Å². The summed E-state index contributed by atoms with van der Waals surface area (Å²) in [7, 11) is 1.56. The summed E-state index contributed by atoms with van der Waals surface area (Å²) < 4.78 is 5.82. The lowest BCUT2D eigenvalue weighted by molar-refractivity contribution is 0.0980. The van der Waals surface area contributed by atoms with Crippen LogP contribution in [0.3, 0.4) is 0 Å². The third-order valence-corrected chi connectivity index (χ3v) is 4.21. The number of halogens is 1. The van der Waals surface area contributed by atoms with Crippen molar-refractivity contribution in [1.29, 1.82) is 5.26 Å². The van der Waals surface area contributed by atoms with Gasteiger partial charge in [0.2, 0.25) is 0 Å². The zero-order valence-corrected chi connectivity index (χ0v) is 12.5. The van der Waals surface area contributed by atoms with Crippen LogP contribution in [0.25, 0.3) is 0 Å². The fourth-order valence-electron chi connectivity index (χ4n) is 1.69. The summed E-state index contributed by atoms with van der Waals surface area (Å²) in [5, 5.41) is 11.1. The molecule has 96 valence electrons. The monoisotopic (exact) mass is 335 g/mol. The van der Waals surface area contributed by atoms with E-state index >= 15 is 0 Å². The number of rotatable bonds is 4. The van der Waals surface area contributed by atoms with Crippen molar-refractivity contribution in [3.63, 3.8) is 0 Å². The van der Waals surface area contributed by atoms with Gasteiger partial charge in [-0.05, 0) is 45.6 Å². The molecule has 0 spiro atoms. The first-order valence-electron chi connectivity index (χ1n) is 5.48. The van der Waals surface area contributed by atoms with Crippen LogP contribution in [-0.2, 0) is 0 Å². The van der Waals surface area contributed by atoms with Crippen molar-refractivity contribution in [3.05, 3.63) is 50.6 Å². The maximum absolute atomic E-state index is 12.3. The summed E-state index contributed by atoms with van der Waals surface area (Å²) in [4.78, 5) is 13.1. The average molecular weight is 336 g/mol. The molecule has 3 nitrogen and oxygen atoms in total. The SMILES string of the molecule is COc1ccc(C(=O)C(C#N)c2cccs2)cc1Br. The molecule has 0 amide bonds. The molecule has 0 radical (unpaired) electrons. The smallest absolute Gasteiger partial charge is 0.185 e. The number of hydrogen-bond acceptors (Lipinski definition) is 4. The first-order valence-corrected chi connectivity index (χ1v) is 7.15. The van der Waals surface area contributed by atoms with Gasteiger partial charge in [0.25, 0.3) is 0 Å². The Bertz CT molecular complexity index is 631. The molecule has 2 rings (SSSR count). The lowest BCUT2D eigenvalue weighted by Gasteiger charge is -2.08. The largest absolute Gasteiger partial charge is 0.496 e. The van der Waals surface area contributed by atoms with Gasteiger partial charge in [-0.3, -0.25) is 4.79 Å². The van der Waals surface area contributed by atoms with E-state index in [2.05, 4.69) is 22.0 Å². The molecule has 0 aliphatic heterocycles. The number of nitriles is 1. The second kappa shape index (κ2) is 6.00. The summed E-state index contributed by atoms with van der Waals surface area (Å²) >= 11 is 4.75. The van der Waals surface area contributed by atoms with E-state index < -0.39 is 5.92 Å². The molecular formula is C14H10BrNO2S. The Balaban J connectivity index is 2.34. The van der Waals surface area contributed by atoms with Crippen LogP contribution in [0, 0.1) is 11.3 Å². The maximum atomic E-state index is 12.3. The number of ether oxygens (including phenoxy) is 1. The highest BCUT2D eigenvalue weighted by molar-refractivity contribution is 9.10. The van der Waals surface area contributed by atoms with E-state index in [1.807, 2.05) is 11.4 Å². The Morgan fingerprint density at radius 1 is 1.47 bits per heavy atom. The third-order valence-electron chi connectivity index (χ3n) is 2.66. The summed E-state index contributed by atoms with van der Waals surface area (Å²) in [5.74, 6) is -0.297. The number of nitrogens with zero attached hydrogens (tertiary/aromatic N) is 1. The van der Waals surface area contributed by atoms with Crippen LogP contribution in [0.1, 0.15) is 21.2 Å². The number of carbonyl (C=O) groups is 1. The van der Waals surface area contributed by atoms with Crippen LogP contribution in [0.15, 0.2) is 40.2 Å². The number of benzene rings is 1. The summed E-state index contributed by atoms with van der Waals surface area (Å²) in [6, 6.07) is 10.8. The van der Waals surface area contributed by atoms with E-state index in [1.165, 1.54) is 11.3 Å². The van der Waals surface area contributed by atoms with Gasteiger partial charge >= 0.3 is 0 Å². The lowest BCUT2D eigenvalue weighted by atomic mass is 9.97. The van der Waals surface area contributed by atoms with Gasteiger partial charge in [-0.2, -0.15) is 5.26 Å². The highest BCUT2D eigenvalue weighted by atomic mass is 79.9. The fourth-order valence-corrected chi connectivity index (χ4v) is 3.00. The molecule has 5 heteroatoms.